The zero-order valence-corrected chi connectivity index (χ0v) is 16.2. The Morgan fingerprint density at radius 2 is 1.83 bits per heavy atom. The highest BCUT2D eigenvalue weighted by Gasteiger charge is 2.25. The molecule has 0 aliphatic rings. The summed E-state index contributed by atoms with van der Waals surface area (Å²) in [7, 11) is -4.68. The lowest BCUT2D eigenvalue weighted by Gasteiger charge is -2.09. The number of azo groups is 1. The number of halogens is 1. The van der Waals surface area contributed by atoms with Gasteiger partial charge in [-0.2, -0.15) is 13.5 Å². The van der Waals surface area contributed by atoms with Crippen molar-refractivity contribution in [1.29, 1.82) is 0 Å². The molecule has 0 aliphatic heterocycles. The van der Waals surface area contributed by atoms with Crippen LogP contribution in [0, 0.1) is 10.1 Å². The molecule has 0 radical (unpaired) electrons. The van der Waals surface area contributed by atoms with Crippen LogP contribution >= 0.6 is 11.6 Å². The summed E-state index contributed by atoms with van der Waals surface area (Å²) in [6.07, 6.45) is 0. The Bertz CT molecular complexity index is 1100. The van der Waals surface area contributed by atoms with Crippen molar-refractivity contribution in [1.82, 2.24) is 0 Å². The van der Waals surface area contributed by atoms with Crippen molar-refractivity contribution in [3.8, 4) is 0 Å². The Hall–Kier alpha value is -3.22. The molecule has 0 heterocycles. The maximum absolute atomic E-state index is 12.3. The summed E-state index contributed by atoms with van der Waals surface area (Å²) in [5, 5.41) is 21.1. The van der Waals surface area contributed by atoms with E-state index in [1.165, 1.54) is 24.3 Å². The number of nitro benzene ring substituents is 1. The minimum absolute atomic E-state index is 0.337. The molecule has 0 bridgehead atoms. The van der Waals surface area contributed by atoms with Crippen LogP contribution in [0.25, 0.3) is 0 Å². The molecule has 0 fully saturated rings. The van der Waals surface area contributed by atoms with Gasteiger partial charge in [-0.3, -0.25) is 24.3 Å². The minimum Gasteiger partial charge on any atom is -0.324 e. The summed E-state index contributed by atoms with van der Waals surface area (Å²) in [6.45, 7) is 1.08. The van der Waals surface area contributed by atoms with Gasteiger partial charge in [-0.1, -0.05) is 11.6 Å². The molecule has 29 heavy (non-hydrogen) atoms. The lowest BCUT2D eigenvalue weighted by Crippen LogP contribution is -2.31. The quantitative estimate of drug-likeness (QED) is 0.219. The third kappa shape index (κ3) is 5.88. The SMILES string of the molecule is CC(=O)C(N=Nc1ccc(S(=O)(=O)O)cc1[N+](=O)[O-])C(=O)Nc1ccc(Cl)cc1. The first-order chi connectivity index (χ1) is 13.5. The molecule has 1 atom stereocenters. The summed E-state index contributed by atoms with van der Waals surface area (Å²) in [5.41, 5.74) is -0.860. The van der Waals surface area contributed by atoms with Gasteiger partial charge in [-0.05, 0) is 43.3 Å². The summed E-state index contributed by atoms with van der Waals surface area (Å²) >= 11 is 5.75. The van der Waals surface area contributed by atoms with Crippen molar-refractivity contribution in [3.63, 3.8) is 0 Å². The number of carbonyl (C=O) groups excluding carboxylic acids is 2. The second kappa shape index (κ2) is 8.86. The fourth-order valence-corrected chi connectivity index (χ4v) is 2.70. The number of ketones is 1. The molecule has 1 amide bonds. The first kappa shape index (κ1) is 22.1. The van der Waals surface area contributed by atoms with Crippen LogP contribution in [0.3, 0.4) is 0 Å². The van der Waals surface area contributed by atoms with Gasteiger partial charge in [0.05, 0.1) is 4.92 Å². The number of benzene rings is 2. The second-order valence-corrected chi connectivity index (χ2v) is 7.47. The molecule has 13 heteroatoms. The maximum atomic E-state index is 12.3. The Balaban J connectivity index is 2.32. The van der Waals surface area contributed by atoms with Gasteiger partial charge in [-0.25, -0.2) is 0 Å². The molecule has 2 N–H and O–H groups in total. The number of hydrogen-bond donors (Lipinski definition) is 2. The average Bonchev–Trinajstić information content (AvgIpc) is 2.62. The fourth-order valence-electron chi connectivity index (χ4n) is 2.08. The van der Waals surface area contributed by atoms with Crippen molar-refractivity contribution in [2.45, 2.75) is 17.9 Å². The van der Waals surface area contributed by atoms with Gasteiger partial charge in [0, 0.05) is 16.8 Å². The Labute approximate surface area is 169 Å². The number of carbonyl (C=O) groups is 2. The molecule has 0 spiro atoms. The van der Waals surface area contributed by atoms with Crippen LogP contribution in [0.5, 0.6) is 0 Å². The first-order valence-electron chi connectivity index (χ1n) is 7.72. The number of nitro groups is 1. The Morgan fingerprint density at radius 3 is 2.34 bits per heavy atom. The number of nitrogens with one attached hydrogen (secondary N) is 1. The largest absolute Gasteiger partial charge is 0.324 e. The zero-order chi connectivity index (χ0) is 21.8. The van der Waals surface area contributed by atoms with Crippen LogP contribution in [0.15, 0.2) is 57.6 Å². The van der Waals surface area contributed by atoms with E-state index in [0.29, 0.717) is 16.8 Å². The van der Waals surface area contributed by atoms with Crippen LogP contribution in [0.2, 0.25) is 5.02 Å². The smallest absolute Gasteiger partial charge is 0.298 e. The predicted octanol–water partition coefficient (Wildman–Crippen LogP) is 3.17. The van der Waals surface area contributed by atoms with Gasteiger partial charge in [0.25, 0.3) is 21.7 Å². The molecule has 0 aliphatic carbocycles. The molecule has 11 nitrogen and oxygen atoms in total. The van der Waals surface area contributed by atoms with E-state index < -0.39 is 49.0 Å². The van der Waals surface area contributed by atoms with E-state index in [-0.39, 0.29) is 0 Å². The van der Waals surface area contributed by atoms with E-state index in [0.717, 1.165) is 19.1 Å². The van der Waals surface area contributed by atoms with Crippen molar-refractivity contribution in [2.24, 2.45) is 10.2 Å². The summed E-state index contributed by atoms with van der Waals surface area (Å²) < 4.78 is 31.3. The molecule has 2 rings (SSSR count). The number of anilines is 1. The number of amides is 1. The van der Waals surface area contributed by atoms with Gasteiger partial charge in [0.1, 0.15) is 4.90 Å². The fraction of sp³-hybridized carbons (Fsp3) is 0.125. The van der Waals surface area contributed by atoms with Crippen LogP contribution in [-0.4, -0.2) is 35.6 Å². The average molecular weight is 441 g/mol. The minimum atomic E-state index is -4.68. The third-order valence-corrected chi connectivity index (χ3v) is 4.57. The Morgan fingerprint density at radius 1 is 1.21 bits per heavy atom. The second-order valence-electron chi connectivity index (χ2n) is 5.61. The molecule has 152 valence electrons. The number of rotatable bonds is 7. The van der Waals surface area contributed by atoms with Crippen molar-refractivity contribution >= 4 is 50.5 Å². The molecule has 0 aromatic heterocycles. The molecule has 0 saturated carbocycles. The number of nitrogens with zero attached hydrogens (tertiary/aromatic N) is 3. The van der Waals surface area contributed by atoms with Crippen molar-refractivity contribution in [3.05, 3.63) is 57.6 Å². The first-order valence-corrected chi connectivity index (χ1v) is 9.54. The lowest BCUT2D eigenvalue weighted by atomic mass is 10.2. The monoisotopic (exact) mass is 440 g/mol. The highest BCUT2D eigenvalue weighted by molar-refractivity contribution is 7.85. The van der Waals surface area contributed by atoms with E-state index >= 15 is 0 Å². The summed E-state index contributed by atoms with van der Waals surface area (Å²) in [4.78, 5) is 33.6. The van der Waals surface area contributed by atoms with E-state index in [1.54, 1.807) is 0 Å². The standard InChI is InChI=1S/C16H13ClN4O7S/c1-9(22)15(16(23)18-11-4-2-10(17)3-5-11)20-19-13-7-6-12(29(26,27)28)8-14(13)21(24)25/h2-8,15H,1H3,(H,18,23)(H,26,27,28). The zero-order valence-electron chi connectivity index (χ0n) is 14.6. The topological polar surface area (TPSA) is 168 Å². The third-order valence-electron chi connectivity index (χ3n) is 3.47. The van der Waals surface area contributed by atoms with E-state index in [2.05, 4.69) is 15.5 Å². The maximum Gasteiger partial charge on any atom is 0.298 e. The molecule has 2 aromatic rings. The van der Waals surface area contributed by atoms with E-state index in [9.17, 15) is 28.1 Å². The number of hydrogen-bond acceptors (Lipinski definition) is 8. The summed E-state index contributed by atoms with van der Waals surface area (Å²) in [6, 6.07) is 6.78. The molecule has 0 saturated heterocycles. The number of Topliss-reactive ketones (excluding diaryl/α,β-unsaturated/α-hetero) is 1. The van der Waals surface area contributed by atoms with Gasteiger partial charge < -0.3 is 5.32 Å². The molecule has 2 aromatic carbocycles. The van der Waals surface area contributed by atoms with Gasteiger partial charge in [-0.15, -0.1) is 5.11 Å². The highest BCUT2D eigenvalue weighted by Crippen LogP contribution is 2.30. The van der Waals surface area contributed by atoms with Crippen LogP contribution in [0.4, 0.5) is 17.1 Å². The van der Waals surface area contributed by atoms with E-state index in [4.69, 9.17) is 16.2 Å². The van der Waals surface area contributed by atoms with Gasteiger partial charge >= 0.3 is 0 Å². The predicted molar refractivity (Wildman–Crippen MR) is 102 cm³/mol. The Kier molecular flexibility index (Phi) is 6.74. The summed E-state index contributed by atoms with van der Waals surface area (Å²) in [5.74, 6) is -1.52. The van der Waals surface area contributed by atoms with Crippen LogP contribution < -0.4 is 5.32 Å². The lowest BCUT2D eigenvalue weighted by molar-refractivity contribution is -0.384. The van der Waals surface area contributed by atoms with Crippen LogP contribution in [0.1, 0.15) is 6.92 Å². The van der Waals surface area contributed by atoms with Gasteiger partial charge in [0.15, 0.2) is 11.5 Å². The normalized spacial score (nSPS) is 12.5. The van der Waals surface area contributed by atoms with Crippen molar-refractivity contribution < 1.29 is 27.5 Å². The van der Waals surface area contributed by atoms with E-state index in [1.807, 2.05) is 0 Å². The van der Waals surface area contributed by atoms with Crippen LogP contribution in [-0.2, 0) is 19.7 Å². The molecule has 1 unspecified atom stereocenters. The highest BCUT2D eigenvalue weighted by atomic mass is 35.5. The molecular weight excluding hydrogens is 428 g/mol. The molecular formula is C16H13ClN4O7S. The van der Waals surface area contributed by atoms with Gasteiger partial charge in [0.2, 0.25) is 6.04 Å². The van der Waals surface area contributed by atoms with Crippen molar-refractivity contribution in [2.75, 3.05) is 5.32 Å².